The van der Waals surface area contributed by atoms with E-state index in [2.05, 4.69) is 25.4 Å². The summed E-state index contributed by atoms with van der Waals surface area (Å²) in [5, 5.41) is 16.9. The van der Waals surface area contributed by atoms with Gasteiger partial charge in [0, 0.05) is 5.56 Å². The van der Waals surface area contributed by atoms with Gasteiger partial charge in [-0.15, -0.1) is 0 Å². The lowest BCUT2D eigenvalue weighted by molar-refractivity contribution is -0.142. The van der Waals surface area contributed by atoms with E-state index in [0.717, 1.165) is 6.42 Å². The van der Waals surface area contributed by atoms with Gasteiger partial charge in [-0.3, -0.25) is 19.2 Å². The summed E-state index contributed by atoms with van der Waals surface area (Å²) in [6.07, 6.45) is 1.79. The van der Waals surface area contributed by atoms with Crippen LogP contribution in [0.4, 0.5) is 43.9 Å². The molecule has 0 aromatic heterocycles. The SMILES string of the molecule is CCCC[C@H](NC(=O)[C@H](C)NC(=O)[C@@H](NC(=O)c1ccccc1)C(C)C)C(=O)O.O=C(COC(=O)c1c(F)c(F)c(F)c(F)c1F)COC(=O)c1c(F)c(F)c(F)c(F)c1F. The number of rotatable bonds is 17. The molecule has 0 spiro atoms. The van der Waals surface area contributed by atoms with Crippen molar-refractivity contribution in [2.75, 3.05) is 13.2 Å². The molecule has 4 N–H and O–H groups in total. The molecule has 3 amide bonds. The van der Waals surface area contributed by atoms with E-state index in [-0.39, 0.29) is 11.8 Å². The number of ketones is 1. The second kappa shape index (κ2) is 22.7. The van der Waals surface area contributed by atoms with Crippen LogP contribution in [-0.4, -0.2) is 77.9 Å². The monoisotopic (exact) mass is 883 g/mol. The third-order valence-corrected chi connectivity index (χ3v) is 8.04. The van der Waals surface area contributed by atoms with Crippen molar-refractivity contribution in [2.24, 2.45) is 5.92 Å². The van der Waals surface area contributed by atoms with Crippen molar-refractivity contribution < 1.29 is 92.0 Å². The molecule has 332 valence electrons. The first-order valence-electron chi connectivity index (χ1n) is 17.6. The van der Waals surface area contributed by atoms with Crippen LogP contribution >= 0.6 is 0 Å². The fraction of sp³-hybridized carbons (Fsp3) is 0.342. The number of Topliss-reactive ketones (excluding diaryl/α,β-unsaturated/α-hetero) is 1. The molecule has 3 aromatic carbocycles. The minimum Gasteiger partial charge on any atom is -0.480 e. The summed E-state index contributed by atoms with van der Waals surface area (Å²) in [5.41, 5.74) is -3.67. The standard InChI is InChI=1S/C21H31N3O5.C17H4F10O5/c1-5-6-12-16(21(28)29)23-18(25)14(4)22-20(27)17(13(2)3)24-19(26)15-10-8-7-9-11-15;18-6-4(7(19)11(23)14(26)10(6)22)16(29)31-1-3(28)2-32-17(30)5-8(20)12(24)15(27)13(25)9(5)21/h7-11,13-14,16-17H,5-6,12H2,1-4H3,(H,22,27)(H,23,25)(H,24,26)(H,28,29);1-2H2/t14-,16-,17-;/m0./s1. The average Bonchev–Trinajstić information content (AvgIpc) is 3.22. The number of carbonyl (C=O) groups excluding carboxylic acids is 6. The zero-order chi connectivity index (χ0) is 46.5. The van der Waals surface area contributed by atoms with Crippen LogP contribution in [0, 0.1) is 64.1 Å². The fourth-order valence-electron chi connectivity index (χ4n) is 4.73. The van der Waals surface area contributed by atoms with Crippen LogP contribution in [0.1, 0.15) is 78.0 Å². The summed E-state index contributed by atoms with van der Waals surface area (Å²) in [6.45, 7) is 3.95. The van der Waals surface area contributed by atoms with E-state index in [1.54, 1.807) is 44.2 Å². The number of halogens is 10. The van der Waals surface area contributed by atoms with Crippen LogP contribution in [0.5, 0.6) is 0 Å². The fourth-order valence-corrected chi connectivity index (χ4v) is 4.73. The van der Waals surface area contributed by atoms with Gasteiger partial charge in [-0.1, -0.05) is 51.8 Å². The quantitative estimate of drug-likeness (QED) is 0.0593. The first-order valence-corrected chi connectivity index (χ1v) is 17.6. The molecule has 23 heteroatoms. The normalized spacial score (nSPS) is 12.2. The van der Waals surface area contributed by atoms with Gasteiger partial charge < -0.3 is 30.5 Å². The molecule has 0 unspecified atom stereocenters. The molecule has 3 aromatic rings. The van der Waals surface area contributed by atoms with Crippen LogP contribution in [0.25, 0.3) is 0 Å². The number of unbranched alkanes of at least 4 members (excludes halogenated alkanes) is 1. The molecule has 0 fully saturated rings. The first kappa shape index (κ1) is 50.6. The maximum Gasteiger partial charge on any atom is 0.344 e. The van der Waals surface area contributed by atoms with Gasteiger partial charge in [0.05, 0.1) is 0 Å². The maximum absolute atomic E-state index is 13.5. The second-order valence-electron chi connectivity index (χ2n) is 12.9. The number of esters is 2. The Kier molecular flexibility index (Phi) is 18.8. The summed E-state index contributed by atoms with van der Waals surface area (Å²) in [7, 11) is 0. The van der Waals surface area contributed by atoms with E-state index < -0.39 is 136 Å². The van der Waals surface area contributed by atoms with Gasteiger partial charge in [-0.25, -0.2) is 58.3 Å². The molecule has 0 aliphatic heterocycles. The molecule has 3 atom stereocenters. The number of benzene rings is 3. The number of amides is 3. The third-order valence-electron chi connectivity index (χ3n) is 8.04. The lowest BCUT2D eigenvalue weighted by Crippen LogP contribution is -2.56. The third kappa shape index (κ3) is 13.2. The lowest BCUT2D eigenvalue weighted by Gasteiger charge is -2.24. The van der Waals surface area contributed by atoms with Crippen LogP contribution in [0.2, 0.25) is 0 Å². The van der Waals surface area contributed by atoms with Crippen molar-refractivity contribution in [1.82, 2.24) is 16.0 Å². The summed E-state index contributed by atoms with van der Waals surface area (Å²) in [6, 6.07) is 5.74. The minimum absolute atomic E-state index is 0.214. The number of carbonyl (C=O) groups is 7. The Morgan fingerprint density at radius 3 is 1.38 bits per heavy atom. The molecule has 0 saturated carbocycles. The number of carboxylic acid groups (broad SMARTS) is 1. The number of aliphatic carboxylic acids is 1. The van der Waals surface area contributed by atoms with Crippen LogP contribution in [0.15, 0.2) is 30.3 Å². The van der Waals surface area contributed by atoms with E-state index >= 15 is 0 Å². The molecular formula is C38H35F10N3O10. The van der Waals surface area contributed by atoms with E-state index in [4.69, 9.17) is 0 Å². The van der Waals surface area contributed by atoms with Gasteiger partial charge in [0.2, 0.25) is 29.2 Å². The smallest absolute Gasteiger partial charge is 0.344 e. The molecule has 0 aliphatic rings. The Morgan fingerprint density at radius 2 is 1.00 bits per heavy atom. The van der Waals surface area contributed by atoms with E-state index in [9.17, 15) is 82.6 Å². The number of hydrogen-bond acceptors (Lipinski definition) is 9. The molecule has 61 heavy (non-hydrogen) atoms. The van der Waals surface area contributed by atoms with Crippen LogP contribution in [0.3, 0.4) is 0 Å². The average molecular weight is 884 g/mol. The Labute approximate surface area is 338 Å². The van der Waals surface area contributed by atoms with Crippen LogP contribution < -0.4 is 16.0 Å². The molecule has 0 aliphatic carbocycles. The van der Waals surface area contributed by atoms with Crippen LogP contribution in [-0.2, 0) is 28.7 Å². The molecule has 0 heterocycles. The highest BCUT2D eigenvalue weighted by molar-refractivity contribution is 5.99. The molecule has 0 saturated heterocycles. The number of ether oxygens (including phenoxy) is 2. The largest absolute Gasteiger partial charge is 0.480 e. The number of carboxylic acids is 1. The van der Waals surface area contributed by atoms with Crippen molar-refractivity contribution in [1.29, 1.82) is 0 Å². The number of hydrogen-bond donors (Lipinski definition) is 4. The number of nitrogens with one attached hydrogen (secondary N) is 3. The predicted molar refractivity (Wildman–Crippen MR) is 187 cm³/mol. The highest BCUT2D eigenvalue weighted by atomic mass is 19.2. The zero-order valence-electron chi connectivity index (χ0n) is 32.1. The summed E-state index contributed by atoms with van der Waals surface area (Å²) >= 11 is 0. The molecule has 13 nitrogen and oxygen atoms in total. The summed E-state index contributed by atoms with van der Waals surface area (Å²) in [4.78, 5) is 83.1. The molecular weight excluding hydrogens is 848 g/mol. The minimum atomic E-state index is -2.58. The second-order valence-corrected chi connectivity index (χ2v) is 12.9. The van der Waals surface area contributed by atoms with E-state index in [0.29, 0.717) is 18.4 Å². The van der Waals surface area contributed by atoms with Gasteiger partial charge in [-0.2, -0.15) is 0 Å². The molecule has 0 radical (unpaired) electrons. The van der Waals surface area contributed by atoms with E-state index in [1.165, 1.54) is 6.92 Å². The topological polar surface area (TPSA) is 194 Å². The van der Waals surface area contributed by atoms with Crippen molar-refractivity contribution >= 4 is 41.4 Å². The van der Waals surface area contributed by atoms with Crippen molar-refractivity contribution in [3.8, 4) is 0 Å². The molecule has 3 rings (SSSR count). The Bertz CT molecular complexity index is 2010. The van der Waals surface area contributed by atoms with Crippen molar-refractivity contribution in [2.45, 2.75) is 65.1 Å². The highest BCUT2D eigenvalue weighted by Crippen LogP contribution is 2.25. The Balaban J connectivity index is 0.000000422. The maximum atomic E-state index is 13.5. The van der Waals surface area contributed by atoms with Gasteiger partial charge in [0.1, 0.15) is 29.3 Å². The summed E-state index contributed by atoms with van der Waals surface area (Å²) in [5.74, 6) is -34.1. The Morgan fingerprint density at radius 1 is 0.590 bits per heavy atom. The summed E-state index contributed by atoms with van der Waals surface area (Å²) < 4.78 is 140. The van der Waals surface area contributed by atoms with E-state index in [1.807, 2.05) is 6.92 Å². The van der Waals surface area contributed by atoms with Gasteiger partial charge in [0.25, 0.3) is 5.91 Å². The first-order chi connectivity index (χ1) is 28.5. The zero-order valence-corrected chi connectivity index (χ0v) is 32.1. The van der Waals surface area contributed by atoms with Crippen molar-refractivity contribution in [3.05, 3.63) is 105 Å². The highest BCUT2D eigenvalue weighted by Gasteiger charge is 2.33. The molecule has 0 bridgehead atoms. The lowest BCUT2D eigenvalue weighted by atomic mass is 10.0. The predicted octanol–water partition coefficient (Wildman–Crippen LogP) is 5.37. The Hall–Kier alpha value is -6.55. The van der Waals surface area contributed by atoms with Gasteiger partial charge >= 0.3 is 17.9 Å². The van der Waals surface area contributed by atoms with Gasteiger partial charge in [-0.05, 0) is 31.4 Å². The van der Waals surface area contributed by atoms with Gasteiger partial charge in [0.15, 0.2) is 59.8 Å². The van der Waals surface area contributed by atoms with Crippen molar-refractivity contribution in [3.63, 3.8) is 0 Å².